The normalized spacial score (nSPS) is 11.5. The maximum absolute atomic E-state index is 11.2. The van der Waals surface area contributed by atoms with Crippen LogP contribution in [0.2, 0.25) is 0 Å². The zero-order valence-corrected chi connectivity index (χ0v) is 13.9. The van der Waals surface area contributed by atoms with Crippen molar-refractivity contribution in [3.8, 4) is 17.2 Å². The van der Waals surface area contributed by atoms with Gasteiger partial charge in [0.2, 0.25) is 15.8 Å². The maximum Gasteiger partial charge on any atom is 0.238 e. The van der Waals surface area contributed by atoms with Crippen LogP contribution in [0.1, 0.15) is 5.56 Å². The molecule has 2 aromatic rings. The number of sulfonamides is 1. The van der Waals surface area contributed by atoms with Crippen molar-refractivity contribution in [1.82, 2.24) is 0 Å². The molecule has 0 unspecified atom stereocenters. The largest absolute Gasteiger partial charge is 0.502 e. The number of hydrogen-bond donors (Lipinski definition) is 3. The Kier molecular flexibility index (Phi) is 5.27. The Labute approximate surface area is 139 Å². The summed E-state index contributed by atoms with van der Waals surface area (Å²) in [6.45, 7) is 0. The molecule has 0 bridgehead atoms. The van der Waals surface area contributed by atoms with Crippen LogP contribution in [-0.4, -0.2) is 34.0 Å². The summed E-state index contributed by atoms with van der Waals surface area (Å²) in [6, 6.07) is 9.00. The van der Waals surface area contributed by atoms with Gasteiger partial charge in [-0.15, -0.1) is 0 Å². The van der Waals surface area contributed by atoms with E-state index in [9.17, 15) is 13.5 Å². The zero-order chi connectivity index (χ0) is 17.7. The summed E-state index contributed by atoms with van der Waals surface area (Å²) in [4.78, 5) is 0.0186. The van der Waals surface area contributed by atoms with Gasteiger partial charge in [0, 0.05) is 5.56 Å². The van der Waals surface area contributed by atoms with E-state index < -0.39 is 10.0 Å². The molecular weight excluding hydrogens is 334 g/mol. The molecule has 128 valence electrons. The lowest BCUT2D eigenvalue weighted by Crippen LogP contribution is -2.11. The molecule has 9 heteroatoms. The number of rotatable bonds is 6. The number of hydrazone groups is 1. The zero-order valence-electron chi connectivity index (χ0n) is 13.1. The minimum Gasteiger partial charge on any atom is -0.502 e. The first kappa shape index (κ1) is 17.6. The van der Waals surface area contributed by atoms with Gasteiger partial charge >= 0.3 is 0 Å². The summed E-state index contributed by atoms with van der Waals surface area (Å²) >= 11 is 0. The average molecular weight is 351 g/mol. The number of nitrogens with one attached hydrogen (secondary N) is 1. The molecule has 0 saturated carbocycles. The number of phenols is 1. The Morgan fingerprint density at radius 3 is 2.12 bits per heavy atom. The van der Waals surface area contributed by atoms with Crippen molar-refractivity contribution in [3.63, 3.8) is 0 Å². The van der Waals surface area contributed by atoms with Gasteiger partial charge < -0.3 is 14.6 Å². The topological polar surface area (TPSA) is 123 Å². The molecule has 0 atom stereocenters. The summed E-state index contributed by atoms with van der Waals surface area (Å²) in [5.74, 6) is 0.422. The van der Waals surface area contributed by atoms with E-state index in [2.05, 4.69) is 10.5 Å². The first-order valence-corrected chi connectivity index (χ1v) is 8.26. The molecule has 0 amide bonds. The number of hydrogen-bond acceptors (Lipinski definition) is 7. The number of aromatic hydroxyl groups is 1. The molecule has 2 aromatic carbocycles. The average Bonchev–Trinajstić information content (AvgIpc) is 2.55. The minimum atomic E-state index is -3.72. The third kappa shape index (κ3) is 4.15. The molecular formula is C15H17N3O5S. The van der Waals surface area contributed by atoms with Gasteiger partial charge in [-0.25, -0.2) is 13.6 Å². The molecule has 0 saturated heterocycles. The van der Waals surface area contributed by atoms with E-state index in [4.69, 9.17) is 14.6 Å². The number of primary sulfonamides is 1. The Bertz CT molecular complexity index is 823. The van der Waals surface area contributed by atoms with Crippen LogP contribution in [-0.2, 0) is 10.0 Å². The van der Waals surface area contributed by atoms with Crippen LogP contribution in [0.3, 0.4) is 0 Å². The highest BCUT2D eigenvalue weighted by atomic mass is 32.2. The van der Waals surface area contributed by atoms with Gasteiger partial charge in [0.25, 0.3) is 0 Å². The van der Waals surface area contributed by atoms with Gasteiger partial charge in [-0.1, -0.05) is 0 Å². The van der Waals surface area contributed by atoms with Crippen molar-refractivity contribution in [2.45, 2.75) is 4.90 Å². The standard InChI is InChI=1S/C15H17N3O5S/c1-22-13-7-10(8-14(23-2)15(13)19)9-17-18-11-3-5-12(6-4-11)24(16,20)21/h3-9,18-19H,1-2H3,(H2,16,20,21). The van der Waals surface area contributed by atoms with Crippen LogP contribution in [0.4, 0.5) is 5.69 Å². The molecule has 2 rings (SSSR count). The molecule has 4 N–H and O–H groups in total. The van der Waals surface area contributed by atoms with Crippen LogP contribution in [0.15, 0.2) is 46.4 Å². The van der Waals surface area contributed by atoms with Crippen LogP contribution >= 0.6 is 0 Å². The highest BCUT2D eigenvalue weighted by Gasteiger charge is 2.10. The molecule has 0 radical (unpaired) electrons. The van der Waals surface area contributed by atoms with Crippen molar-refractivity contribution in [1.29, 1.82) is 0 Å². The number of nitrogens with two attached hydrogens (primary N) is 1. The van der Waals surface area contributed by atoms with E-state index in [0.717, 1.165) is 0 Å². The van der Waals surface area contributed by atoms with Crippen LogP contribution in [0.25, 0.3) is 0 Å². The second-order valence-electron chi connectivity index (χ2n) is 4.71. The van der Waals surface area contributed by atoms with Crippen LogP contribution < -0.4 is 20.0 Å². The Balaban J connectivity index is 2.14. The minimum absolute atomic E-state index is 0.0186. The summed E-state index contributed by atoms with van der Waals surface area (Å²) in [7, 11) is -0.858. The molecule has 0 fully saturated rings. The predicted molar refractivity (Wildman–Crippen MR) is 90.2 cm³/mol. The Hall–Kier alpha value is -2.78. The lowest BCUT2D eigenvalue weighted by molar-refractivity contribution is 0.340. The second-order valence-corrected chi connectivity index (χ2v) is 6.27. The number of phenolic OH excluding ortho intramolecular Hbond substituents is 1. The van der Waals surface area contributed by atoms with Gasteiger partial charge in [-0.3, -0.25) is 5.43 Å². The van der Waals surface area contributed by atoms with Gasteiger partial charge in [-0.2, -0.15) is 5.10 Å². The number of ether oxygens (including phenoxy) is 2. The number of anilines is 1. The summed E-state index contributed by atoms with van der Waals surface area (Å²) < 4.78 is 32.5. The predicted octanol–water partition coefficient (Wildman–Crippen LogP) is 1.50. The third-order valence-electron chi connectivity index (χ3n) is 3.09. The van der Waals surface area contributed by atoms with E-state index in [1.54, 1.807) is 12.1 Å². The first-order valence-electron chi connectivity index (χ1n) is 6.72. The summed E-state index contributed by atoms with van der Waals surface area (Å²) in [5, 5.41) is 18.9. The molecule has 0 spiro atoms. The molecule has 8 nitrogen and oxygen atoms in total. The molecule has 0 heterocycles. The van der Waals surface area contributed by atoms with Crippen LogP contribution in [0, 0.1) is 0 Å². The first-order chi connectivity index (χ1) is 11.3. The van der Waals surface area contributed by atoms with Crippen molar-refractivity contribution in [3.05, 3.63) is 42.0 Å². The van der Waals surface area contributed by atoms with E-state index in [1.807, 2.05) is 0 Å². The summed E-state index contributed by atoms with van der Waals surface area (Å²) in [5.41, 5.74) is 3.97. The lowest BCUT2D eigenvalue weighted by atomic mass is 10.2. The van der Waals surface area contributed by atoms with Gasteiger partial charge in [0.05, 0.1) is 31.0 Å². The SMILES string of the molecule is COc1cc(C=NNc2ccc(S(N)(=O)=O)cc2)cc(OC)c1O. The fourth-order valence-corrected chi connectivity index (χ4v) is 2.40. The van der Waals surface area contributed by atoms with E-state index >= 15 is 0 Å². The smallest absolute Gasteiger partial charge is 0.238 e. The lowest BCUT2D eigenvalue weighted by Gasteiger charge is -2.09. The molecule has 0 aliphatic rings. The van der Waals surface area contributed by atoms with E-state index in [0.29, 0.717) is 11.3 Å². The van der Waals surface area contributed by atoms with Crippen molar-refractivity contribution in [2.75, 3.05) is 19.6 Å². The van der Waals surface area contributed by atoms with Gasteiger partial charge in [0.1, 0.15) is 0 Å². The highest BCUT2D eigenvalue weighted by molar-refractivity contribution is 7.89. The number of nitrogens with zero attached hydrogens (tertiary/aromatic N) is 1. The Morgan fingerprint density at radius 1 is 1.12 bits per heavy atom. The maximum atomic E-state index is 11.2. The van der Waals surface area contributed by atoms with Crippen molar-refractivity contribution < 1.29 is 23.0 Å². The molecule has 24 heavy (non-hydrogen) atoms. The molecule has 0 aromatic heterocycles. The molecule has 0 aliphatic carbocycles. The second kappa shape index (κ2) is 7.20. The van der Waals surface area contributed by atoms with E-state index in [-0.39, 0.29) is 22.1 Å². The van der Waals surface area contributed by atoms with E-state index in [1.165, 1.54) is 44.7 Å². The Morgan fingerprint density at radius 2 is 1.67 bits per heavy atom. The van der Waals surface area contributed by atoms with Crippen LogP contribution in [0.5, 0.6) is 17.2 Å². The fraction of sp³-hybridized carbons (Fsp3) is 0.133. The third-order valence-corrected chi connectivity index (χ3v) is 4.02. The quantitative estimate of drug-likeness (QED) is 0.535. The molecule has 0 aliphatic heterocycles. The fourth-order valence-electron chi connectivity index (χ4n) is 1.89. The van der Waals surface area contributed by atoms with Gasteiger partial charge in [-0.05, 0) is 36.4 Å². The number of methoxy groups -OCH3 is 2. The van der Waals surface area contributed by atoms with Gasteiger partial charge in [0.15, 0.2) is 11.5 Å². The van der Waals surface area contributed by atoms with Crippen molar-refractivity contribution in [2.24, 2.45) is 10.2 Å². The highest BCUT2D eigenvalue weighted by Crippen LogP contribution is 2.36. The van der Waals surface area contributed by atoms with Crippen molar-refractivity contribution >= 4 is 21.9 Å². The number of benzene rings is 2. The summed E-state index contributed by atoms with van der Waals surface area (Å²) in [6.07, 6.45) is 1.50. The monoisotopic (exact) mass is 351 g/mol.